The summed E-state index contributed by atoms with van der Waals surface area (Å²) in [5, 5.41) is 1.10. The first-order chi connectivity index (χ1) is 13.5. The van der Waals surface area contributed by atoms with Crippen molar-refractivity contribution in [3.63, 3.8) is 0 Å². The van der Waals surface area contributed by atoms with Crippen molar-refractivity contribution in [3.8, 4) is 5.75 Å². The van der Waals surface area contributed by atoms with Crippen molar-refractivity contribution in [1.29, 1.82) is 0 Å². The Morgan fingerprint density at radius 3 is 2.68 bits per heavy atom. The van der Waals surface area contributed by atoms with Crippen LogP contribution in [-0.4, -0.2) is 27.8 Å². The Balaban J connectivity index is 1.77. The van der Waals surface area contributed by atoms with Crippen LogP contribution >= 0.6 is 39.9 Å². The van der Waals surface area contributed by atoms with Crippen molar-refractivity contribution in [2.75, 3.05) is 6.61 Å². The van der Waals surface area contributed by atoms with Crippen LogP contribution in [0.3, 0.4) is 0 Å². The largest absolute Gasteiger partial charge is 0.493 e. The van der Waals surface area contributed by atoms with Gasteiger partial charge in [-0.15, -0.1) is 0 Å². The smallest absolute Gasteiger partial charge is 0.285 e. The van der Waals surface area contributed by atoms with E-state index in [1.165, 1.54) is 0 Å². The number of benzene rings is 2. The van der Waals surface area contributed by atoms with Crippen molar-refractivity contribution in [2.24, 2.45) is 0 Å². The lowest BCUT2D eigenvalue weighted by Gasteiger charge is -2.15. The molecule has 1 saturated heterocycles. The molecule has 0 aromatic heterocycles. The number of hydrogen-bond donors (Lipinski definition) is 1. The molecule has 0 spiro atoms. The number of hydrogen-bond acceptors (Lipinski definition) is 5. The molecule has 0 atom stereocenters. The van der Waals surface area contributed by atoms with Crippen LogP contribution in [0.25, 0.3) is 6.08 Å². The molecule has 1 N–H and O–H groups in total. The number of amides is 2. The lowest BCUT2D eigenvalue weighted by Crippen LogP contribution is -2.44. The van der Waals surface area contributed by atoms with Gasteiger partial charge in [-0.2, -0.15) is 5.01 Å². The van der Waals surface area contributed by atoms with Crippen LogP contribution in [0.4, 0.5) is 0 Å². The van der Waals surface area contributed by atoms with Crippen LogP contribution in [-0.2, 0) is 4.79 Å². The van der Waals surface area contributed by atoms with E-state index >= 15 is 0 Å². The first-order valence-corrected chi connectivity index (χ1v) is 10.6. The van der Waals surface area contributed by atoms with Gasteiger partial charge in [0.1, 0.15) is 5.75 Å². The second-order valence-corrected chi connectivity index (χ2v) is 8.44. The summed E-state index contributed by atoms with van der Waals surface area (Å²) in [5.41, 5.74) is 3.79. The summed E-state index contributed by atoms with van der Waals surface area (Å²) in [6, 6.07) is 14.3. The number of rotatable bonds is 6. The zero-order chi connectivity index (χ0) is 20.1. The Labute approximate surface area is 181 Å². The van der Waals surface area contributed by atoms with Gasteiger partial charge in [-0.05, 0) is 55.0 Å². The molecule has 1 fully saturated rings. The molecular formula is C20H17BrN2O3S2. The highest BCUT2D eigenvalue weighted by atomic mass is 79.9. The minimum Gasteiger partial charge on any atom is -0.493 e. The topological polar surface area (TPSA) is 58.6 Å². The monoisotopic (exact) mass is 476 g/mol. The minimum atomic E-state index is -0.406. The fraction of sp³-hybridized carbons (Fsp3) is 0.150. The SMILES string of the molecule is CCCOc1ccccc1/C=C1/SC(=S)N(NC(=O)c2ccc(Br)cc2)C1=O. The number of nitrogens with one attached hydrogen (secondary N) is 1. The molecule has 0 radical (unpaired) electrons. The lowest BCUT2D eigenvalue weighted by molar-refractivity contribution is -0.123. The summed E-state index contributed by atoms with van der Waals surface area (Å²) in [5.74, 6) is -0.0731. The molecular weight excluding hydrogens is 460 g/mol. The quantitative estimate of drug-likeness (QED) is 0.479. The van der Waals surface area contributed by atoms with Crippen molar-refractivity contribution in [3.05, 3.63) is 69.0 Å². The van der Waals surface area contributed by atoms with E-state index in [9.17, 15) is 9.59 Å². The Bertz CT molecular complexity index is 945. The molecule has 144 valence electrons. The highest BCUT2D eigenvalue weighted by molar-refractivity contribution is 9.10. The average Bonchev–Trinajstić information content (AvgIpc) is 2.95. The van der Waals surface area contributed by atoms with Gasteiger partial charge in [0, 0.05) is 15.6 Å². The Morgan fingerprint density at radius 2 is 1.96 bits per heavy atom. The van der Waals surface area contributed by atoms with Crippen LogP contribution in [0.5, 0.6) is 5.75 Å². The number of carbonyl (C=O) groups excluding carboxylic acids is 2. The van der Waals surface area contributed by atoms with Gasteiger partial charge in [0.2, 0.25) is 0 Å². The van der Waals surface area contributed by atoms with Crippen molar-refractivity contribution < 1.29 is 14.3 Å². The molecule has 2 aromatic rings. The van der Waals surface area contributed by atoms with Gasteiger partial charge in [-0.3, -0.25) is 15.0 Å². The molecule has 3 rings (SSSR count). The molecule has 0 saturated carbocycles. The number of thiocarbonyl (C=S) groups is 1. The number of para-hydroxylation sites is 1. The third-order valence-corrected chi connectivity index (χ3v) is 5.61. The van der Waals surface area contributed by atoms with Crippen LogP contribution in [0, 0.1) is 0 Å². The molecule has 8 heteroatoms. The van der Waals surface area contributed by atoms with Gasteiger partial charge in [-0.25, -0.2) is 0 Å². The summed E-state index contributed by atoms with van der Waals surface area (Å²) in [7, 11) is 0. The molecule has 2 amide bonds. The van der Waals surface area contributed by atoms with E-state index in [2.05, 4.69) is 21.4 Å². The minimum absolute atomic E-state index is 0.272. The van der Waals surface area contributed by atoms with Crippen molar-refractivity contribution >= 4 is 62.1 Å². The number of hydrazine groups is 1. The summed E-state index contributed by atoms with van der Waals surface area (Å²) >= 11 is 9.74. The van der Waals surface area contributed by atoms with E-state index in [0.29, 0.717) is 22.8 Å². The molecule has 0 unspecified atom stereocenters. The van der Waals surface area contributed by atoms with Crippen LogP contribution in [0.1, 0.15) is 29.3 Å². The fourth-order valence-corrected chi connectivity index (χ4v) is 3.85. The Hall–Kier alpha value is -2.16. The van der Waals surface area contributed by atoms with E-state index in [0.717, 1.165) is 33.2 Å². The number of carbonyl (C=O) groups is 2. The lowest BCUT2D eigenvalue weighted by atomic mass is 10.2. The number of halogens is 1. The molecule has 0 aliphatic carbocycles. The standard InChI is InChI=1S/C20H17BrN2O3S2/c1-2-11-26-16-6-4-3-5-14(16)12-17-19(25)23(20(27)28-17)22-18(24)13-7-9-15(21)10-8-13/h3-10,12H,2,11H2,1H3,(H,22,24)/b17-12+. The van der Waals surface area contributed by atoms with Gasteiger partial charge in [-0.1, -0.05) is 52.8 Å². The van der Waals surface area contributed by atoms with Crippen LogP contribution in [0.15, 0.2) is 57.9 Å². The Morgan fingerprint density at radius 1 is 1.25 bits per heavy atom. The maximum absolute atomic E-state index is 12.8. The predicted molar refractivity (Wildman–Crippen MR) is 119 cm³/mol. The first kappa shape index (κ1) is 20.6. The van der Waals surface area contributed by atoms with Gasteiger partial charge >= 0.3 is 0 Å². The summed E-state index contributed by atoms with van der Waals surface area (Å²) in [6.07, 6.45) is 2.62. The summed E-state index contributed by atoms with van der Waals surface area (Å²) in [4.78, 5) is 25.6. The zero-order valence-corrected chi connectivity index (χ0v) is 18.2. The van der Waals surface area contributed by atoms with E-state index in [1.807, 2.05) is 31.2 Å². The van der Waals surface area contributed by atoms with Gasteiger partial charge in [0.05, 0.1) is 11.5 Å². The highest BCUT2D eigenvalue weighted by Gasteiger charge is 2.34. The third kappa shape index (κ3) is 4.81. The fourth-order valence-electron chi connectivity index (χ4n) is 2.42. The third-order valence-electron chi connectivity index (χ3n) is 3.78. The second kappa shape index (κ2) is 9.36. The van der Waals surface area contributed by atoms with Crippen LogP contribution < -0.4 is 10.2 Å². The normalized spacial score (nSPS) is 15.2. The molecule has 1 aliphatic heterocycles. The summed E-state index contributed by atoms with van der Waals surface area (Å²) < 4.78 is 6.87. The van der Waals surface area contributed by atoms with E-state index < -0.39 is 5.91 Å². The van der Waals surface area contributed by atoms with Crippen molar-refractivity contribution in [1.82, 2.24) is 10.4 Å². The summed E-state index contributed by atoms with van der Waals surface area (Å²) in [6.45, 7) is 2.62. The van der Waals surface area contributed by atoms with Crippen molar-refractivity contribution in [2.45, 2.75) is 13.3 Å². The maximum Gasteiger partial charge on any atom is 0.285 e. The molecule has 0 bridgehead atoms. The molecule has 2 aromatic carbocycles. The number of ether oxygens (including phenoxy) is 1. The van der Waals surface area contributed by atoms with Gasteiger partial charge in [0.25, 0.3) is 11.8 Å². The maximum atomic E-state index is 12.8. The molecule has 1 aliphatic rings. The van der Waals surface area contributed by atoms with Gasteiger partial charge < -0.3 is 4.74 Å². The van der Waals surface area contributed by atoms with Crippen LogP contribution in [0.2, 0.25) is 0 Å². The Kier molecular flexibility index (Phi) is 6.88. The van der Waals surface area contributed by atoms with E-state index in [1.54, 1.807) is 30.3 Å². The average molecular weight is 477 g/mol. The number of nitrogens with zero attached hydrogens (tertiary/aromatic N) is 1. The first-order valence-electron chi connectivity index (χ1n) is 8.56. The molecule has 5 nitrogen and oxygen atoms in total. The van der Waals surface area contributed by atoms with E-state index in [4.69, 9.17) is 17.0 Å². The second-order valence-electron chi connectivity index (χ2n) is 5.85. The highest BCUT2D eigenvalue weighted by Crippen LogP contribution is 2.33. The van der Waals surface area contributed by atoms with E-state index in [-0.39, 0.29) is 10.2 Å². The molecule has 1 heterocycles. The van der Waals surface area contributed by atoms with Gasteiger partial charge in [0.15, 0.2) is 4.32 Å². The molecule has 28 heavy (non-hydrogen) atoms. The zero-order valence-electron chi connectivity index (χ0n) is 15.0. The number of thioether (sulfide) groups is 1. The predicted octanol–water partition coefficient (Wildman–Crippen LogP) is 4.78.